The number of halogens is 4. The molecule has 2 nitrogen and oxygen atoms in total. The molecule has 1 aromatic rings. The van der Waals surface area contributed by atoms with Crippen LogP contribution < -0.4 is 5.32 Å². The average Bonchev–Trinajstić information content (AvgIpc) is 2.44. The summed E-state index contributed by atoms with van der Waals surface area (Å²) in [5.41, 5.74) is 1.14. The Kier molecular flexibility index (Phi) is 10.6. The smallest absolute Gasteiger partial charge is 0.141 e. The van der Waals surface area contributed by atoms with Gasteiger partial charge in [0.1, 0.15) is 5.82 Å². The third-order valence-electron chi connectivity index (χ3n) is 3.94. The number of benzene rings is 1. The molecule has 1 fully saturated rings. The molecule has 128 valence electrons. The zero-order valence-corrected chi connectivity index (χ0v) is 15.5. The van der Waals surface area contributed by atoms with Gasteiger partial charge in [-0.05, 0) is 36.5 Å². The fraction of sp³-hybridized carbons (Fsp3) is 0.625. The van der Waals surface area contributed by atoms with Crippen molar-refractivity contribution in [2.24, 2.45) is 5.92 Å². The van der Waals surface area contributed by atoms with Crippen LogP contribution in [0.1, 0.15) is 38.3 Å². The zero-order valence-electron chi connectivity index (χ0n) is 13.1. The number of hydrogen-bond donors (Lipinski definition) is 1. The Hall–Kier alpha value is -0.0600. The highest BCUT2D eigenvalue weighted by atomic mass is 35.5. The summed E-state index contributed by atoms with van der Waals surface area (Å²) in [5, 5.41) is 3.61. The van der Waals surface area contributed by atoms with E-state index < -0.39 is 0 Å². The van der Waals surface area contributed by atoms with Crippen molar-refractivity contribution in [1.82, 2.24) is 10.2 Å². The maximum Gasteiger partial charge on any atom is 0.141 e. The minimum atomic E-state index is -0.335. The van der Waals surface area contributed by atoms with Gasteiger partial charge in [0, 0.05) is 32.2 Å². The van der Waals surface area contributed by atoms with E-state index in [9.17, 15) is 4.39 Å². The highest BCUT2D eigenvalue weighted by Gasteiger charge is 2.22. The van der Waals surface area contributed by atoms with Crippen LogP contribution in [0.5, 0.6) is 0 Å². The Labute approximate surface area is 150 Å². The molecule has 6 heteroatoms. The molecule has 2 rings (SSSR count). The van der Waals surface area contributed by atoms with Crippen molar-refractivity contribution in [2.75, 3.05) is 26.2 Å². The van der Waals surface area contributed by atoms with E-state index in [2.05, 4.69) is 24.1 Å². The van der Waals surface area contributed by atoms with Crippen molar-refractivity contribution in [3.8, 4) is 0 Å². The number of nitrogens with zero attached hydrogens (tertiary/aromatic N) is 1. The third-order valence-corrected chi connectivity index (χ3v) is 4.23. The molecule has 22 heavy (non-hydrogen) atoms. The molecule has 0 unspecified atom stereocenters. The van der Waals surface area contributed by atoms with Gasteiger partial charge in [-0.3, -0.25) is 4.90 Å². The summed E-state index contributed by atoms with van der Waals surface area (Å²) in [5.74, 6) is 0.342. The van der Waals surface area contributed by atoms with E-state index in [-0.39, 0.29) is 35.7 Å². The minimum Gasteiger partial charge on any atom is -0.314 e. The minimum absolute atomic E-state index is 0. The Morgan fingerprint density at radius 2 is 1.82 bits per heavy atom. The summed E-state index contributed by atoms with van der Waals surface area (Å²) in [4.78, 5) is 2.49. The lowest BCUT2D eigenvalue weighted by atomic mass is 9.95. The summed E-state index contributed by atoms with van der Waals surface area (Å²) in [7, 11) is 0. The van der Waals surface area contributed by atoms with Gasteiger partial charge in [-0.1, -0.05) is 31.5 Å². The molecule has 0 saturated carbocycles. The van der Waals surface area contributed by atoms with Crippen molar-refractivity contribution < 1.29 is 4.39 Å². The van der Waals surface area contributed by atoms with E-state index in [1.54, 1.807) is 6.07 Å². The molecule has 1 aliphatic heterocycles. The molecular weight excluding hydrogens is 346 g/mol. The van der Waals surface area contributed by atoms with Gasteiger partial charge in [0.2, 0.25) is 0 Å². The lowest BCUT2D eigenvalue weighted by Gasteiger charge is -2.35. The monoisotopic (exact) mass is 370 g/mol. The van der Waals surface area contributed by atoms with Crippen LogP contribution in [0.15, 0.2) is 18.2 Å². The number of nitrogens with one attached hydrogen (secondary N) is 1. The van der Waals surface area contributed by atoms with E-state index >= 15 is 0 Å². The Morgan fingerprint density at radius 3 is 2.36 bits per heavy atom. The van der Waals surface area contributed by atoms with Gasteiger partial charge >= 0.3 is 0 Å². The molecule has 0 aromatic heterocycles. The number of piperazine rings is 1. The number of hydrogen-bond acceptors (Lipinski definition) is 2. The van der Waals surface area contributed by atoms with Crippen molar-refractivity contribution in [1.29, 1.82) is 0 Å². The van der Waals surface area contributed by atoms with Gasteiger partial charge in [0.05, 0.1) is 5.02 Å². The SMILES string of the molecule is CC(C)CC[C@H](c1ccc(F)c(Cl)c1)N1CCNCC1.Cl.Cl. The largest absolute Gasteiger partial charge is 0.314 e. The second-order valence-electron chi connectivity index (χ2n) is 5.95. The normalized spacial score (nSPS) is 16.8. The van der Waals surface area contributed by atoms with Crippen molar-refractivity contribution in [3.63, 3.8) is 0 Å². The van der Waals surface area contributed by atoms with Crippen LogP contribution in [0, 0.1) is 11.7 Å². The first kappa shape index (κ1) is 21.9. The molecular formula is C16H26Cl3FN2. The lowest BCUT2D eigenvalue weighted by Crippen LogP contribution is -2.45. The molecule has 1 heterocycles. The molecule has 1 saturated heterocycles. The number of rotatable bonds is 5. The van der Waals surface area contributed by atoms with E-state index in [0.29, 0.717) is 12.0 Å². The van der Waals surface area contributed by atoms with Gasteiger partial charge in [-0.25, -0.2) is 4.39 Å². The van der Waals surface area contributed by atoms with Crippen LogP contribution in [-0.4, -0.2) is 31.1 Å². The van der Waals surface area contributed by atoms with Gasteiger partial charge in [-0.15, -0.1) is 24.8 Å². The first-order valence-electron chi connectivity index (χ1n) is 7.47. The molecule has 1 N–H and O–H groups in total. The summed E-state index contributed by atoms with van der Waals surface area (Å²) < 4.78 is 13.4. The summed E-state index contributed by atoms with van der Waals surface area (Å²) >= 11 is 5.95. The molecule has 0 spiro atoms. The van der Waals surface area contributed by atoms with E-state index in [4.69, 9.17) is 11.6 Å². The average molecular weight is 372 g/mol. The lowest BCUT2D eigenvalue weighted by molar-refractivity contribution is 0.159. The first-order valence-corrected chi connectivity index (χ1v) is 7.85. The second-order valence-corrected chi connectivity index (χ2v) is 6.35. The van der Waals surface area contributed by atoms with Crippen LogP contribution >= 0.6 is 36.4 Å². The summed E-state index contributed by atoms with van der Waals surface area (Å²) in [6.45, 7) is 8.61. The van der Waals surface area contributed by atoms with Crippen molar-refractivity contribution in [3.05, 3.63) is 34.6 Å². The highest BCUT2D eigenvalue weighted by Crippen LogP contribution is 2.30. The van der Waals surface area contributed by atoms with E-state index in [1.807, 2.05) is 6.07 Å². The standard InChI is InChI=1S/C16H24ClFN2.2ClH/c1-12(2)3-6-16(20-9-7-19-8-10-20)13-4-5-15(18)14(17)11-13;;/h4-5,11-12,16,19H,3,6-10H2,1-2H3;2*1H/t16-;;/m1../s1. The van der Waals surface area contributed by atoms with Gasteiger partial charge in [-0.2, -0.15) is 0 Å². The molecule has 1 aliphatic rings. The van der Waals surface area contributed by atoms with Crippen LogP contribution in [0.2, 0.25) is 5.02 Å². The fourth-order valence-electron chi connectivity index (χ4n) is 2.76. The molecule has 1 aromatic carbocycles. The van der Waals surface area contributed by atoms with Crippen molar-refractivity contribution in [2.45, 2.75) is 32.7 Å². The Bertz CT molecular complexity index is 437. The van der Waals surface area contributed by atoms with Crippen LogP contribution in [0.25, 0.3) is 0 Å². The molecule has 0 amide bonds. The van der Waals surface area contributed by atoms with Gasteiger partial charge in [0.25, 0.3) is 0 Å². The quantitative estimate of drug-likeness (QED) is 0.806. The highest BCUT2D eigenvalue weighted by molar-refractivity contribution is 6.30. The van der Waals surface area contributed by atoms with E-state index in [1.165, 1.54) is 12.5 Å². The second kappa shape index (κ2) is 10.7. The molecule has 0 radical (unpaired) electrons. The van der Waals surface area contributed by atoms with Crippen LogP contribution in [-0.2, 0) is 0 Å². The van der Waals surface area contributed by atoms with Crippen molar-refractivity contribution >= 4 is 36.4 Å². The Morgan fingerprint density at radius 1 is 1.18 bits per heavy atom. The fourth-order valence-corrected chi connectivity index (χ4v) is 2.95. The summed E-state index contributed by atoms with van der Waals surface area (Å²) in [6.07, 6.45) is 2.27. The molecule has 1 atom stereocenters. The van der Waals surface area contributed by atoms with Gasteiger partial charge < -0.3 is 5.32 Å². The maximum atomic E-state index is 13.4. The summed E-state index contributed by atoms with van der Waals surface area (Å²) in [6, 6.07) is 5.51. The maximum absolute atomic E-state index is 13.4. The van der Waals surface area contributed by atoms with Crippen LogP contribution in [0.3, 0.4) is 0 Å². The first-order chi connectivity index (χ1) is 9.58. The topological polar surface area (TPSA) is 15.3 Å². The molecule has 0 aliphatic carbocycles. The predicted molar refractivity (Wildman–Crippen MR) is 97.2 cm³/mol. The zero-order chi connectivity index (χ0) is 14.5. The van der Waals surface area contributed by atoms with E-state index in [0.717, 1.165) is 38.2 Å². The third kappa shape index (κ3) is 6.21. The Balaban J connectivity index is 0.00000220. The molecule has 0 bridgehead atoms. The van der Waals surface area contributed by atoms with Gasteiger partial charge in [0.15, 0.2) is 0 Å². The predicted octanol–water partition coefficient (Wildman–Crippen LogP) is 4.71. The van der Waals surface area contributed by atoms with Crippen LogP contribution in [0.4, 0.5) is 4.39 Å².